The standard InChI is InChI=1S/C11H13N3O3/c12-10(15)7-3-4-8(13-5-7)14-9(11(16)17)6-1-2-6/h3-6,9H,1-2H2,(H2,12,15)(H,13,14)(H,16,17). The van der Waals surface area contributed by atoms with Gasteiger partial charge in [0.1, 0.15) is 11.9 Å². The minimum Gasteiger partial charge on any atom is -0.480 e. The number of carbonyl (C=O) groups is 2. The largest absolute Gasteiger partial charge is 0.480 e. The summed E-state index contributed by atoms with van der Waals surface area (Å²) < 4.78 is 0. The van der Waals surface area contributed by atoms with E-state index < -0.39 is 17.9 Å². The lowest BCUT2D eigenvalue weighted by atomic mass is 10.2. The monoisotopic (exact) mass is 235 g/mol. The summed E-state index contributed by atoms with van der Waals surface area (Å²) >= 11 is 0. The molecule has 1 atom stereocenters. The lowest BCUT2D eigenvalue weighted by molar-refractivity contribution is -0.138. The van der Waals surface area contributed by atoms with Crippen LogP contribution in [0.2, 0.25) is 0 Å². The van der Waals surface area contributed by atoms with Crippen molar-refractivity contribution >= 4 is 17.7 Å². The van der Waals surface area contributed by atoms with Gasteiger partial charge in [0.15, 0.2) is 0 Å². The Morgan fingerprint density at radius 1 is 1.47 bits per heavy atom. The van der Waals surface area contributed by atoms with Crippen LogP contribution in [-0.2, 0) is 4.79 Å². The topological polar surface area (TPSA) is 105 Å². The fraction of sp³-hybridized carbons (Fsp3) is 0.364. The first-order chi connectivity index (χ1) is 8.08. The number of carbonyl (C=O) groups excluding carboxylic acids is 1. The average molecular weight is 235 g/mol. The minimum atomic E-state index is -0.881. The van der Waals surface area contributed by atoms with Gasteiger partial charge in [0.05, 0.1) is 5.56 Å². The first-order valence-electron chi connectivity index (χ1n) is 5.33. The van der Waals surface area contributed by atoms with Gasteiger partial charge in [-0.3, -0.25) is 4.79 Å². The van der Waals surface area contributed by atoms with Gasteiger partial charge in [0, 0.05) is 6.20 Å². The van der Waals surface area contributed by atoms with Crippen molar-refractivity contribution in [2.45, 2.75) is 18.9 Å². The number of nitrogens with one attached hydrogen (secondary N) is 1. The van der Waals surface area contributed by atoms with Gasteiger partial charge in [-0.05, 0) is 30.9 Å². The van der Waals surface area contributed by atoms with Gasteiger partial charge in [0.2, 0.25) is 5.91 Å². The second-order valence-electron chi connectivity index (χ2n) is 4.09. The molecule has 1 fully saturated rings. The highest BCUT2D eigenvalue weighted by Gasteiger charge is 2.36. The third kappa shape index (κ3) is 2.72. The van der Waals surface area contributed by atoms with Crippen LogP contribution in [0, 0.1) is 5.92 Å². The molecule has 6 nitrogen and oxygen atoms in total. The zero-order valence-electron chi connectivity index (χ0n) is 9.09. The predicted molar refractivity (Wildman–Crippen MR) is 60.5 cm³/mol. The summed E-state index contributed by atoms with van der Waals surface area (Å²) in [6.45, 7) is 0. The lowest BCUT2D eigenvalue weighted by Gasteiger charge is -2.13. The first kappa shape index (κ1) is 11.4. The molecule has 0 aromatic carbocycles. The van der Waals surface area contributed by atoms with Crippen molar-refractivity contribution in [3.8, 4) is 0 Å². The van der Waals surface area contributed by atoms with Gasteiger partial charge >= 0.3 is 5.97 Å². The van der Waals surface area contributed by atoms with Crippen LogP contribution < -0.4 is 11.1 Å². The number of hydrogen-bond donors (Lipinski definition) is 3. The third-order valence-corrected chi connectivity index (χ3v) is 2.71. The molecule has 90 valence electrons. The van der Waals surface area contributed by atoms with Gasteiger partial charge in [-0.25, -0.2) is 9.78 Å². The number of carboxylic acids is 1. The normalized spacial score (nSPS) is 16.2. The van der Waals surface area contributed by atoms with Gasteiger partial charge in [-0.2, -0.15) is 0 Å². The molecule has 0 bridgehead atoms. The van der Waals surface area contributed by atoms with Crippen molar-refractivity contribution in [1.29, 1.82) is 0 Å². The minimum absolute atomic E-state index is 0.171. The molecule has 0 spiro atoms. The van der Waals surface area contributed by atoms with E-state index in [2.05, 4.69) is 10.3 Å². The van der Waals surface area contributed by atoms with E-state index in [0.29, 0.717) is 11.4 Å². The molecule has 1 aliphatic carbocycles. The van der Waals surface area contributed by atoms with Gasteiger partial charge in [0.25, 0.3) is 0 Å². The molecule has 0 saturated heterocycles. The molecule has 1 aliphatic rings. The van der Waals surface area contributed by atoms with E-state index in [-0.39, 0.29) is 5.92 Å². The summed E-state index contributed by atoms with van der Waals surface area (Å²) in [5.41, 5.74) is 5.38. The van der Waals surface area contributed by atoms with Crippen LogP contribution in [0.1, 0.15) is 23.2 Å². The number of nitrogens with zero attached hydrogens (tertiary/aromatic N) is 1. The van der Waals surface area contributed by atoms with Crippen molar-refractivity contribution in [3.63, 3.8) is 0 Å². The molecule has 2 rings (SSSR count). The van der Waals surface area contributed by atoms with Crippen LogP contribution in [0.15, 0.2) is 18.3 Å². The van der Waals surface area contributed by atoms with Crippen molar-refractivity contribution < 1.29 is 14.7 Å². The molecule has 1 saturated carbocycles. The molecule has 1 aromatic heterocycles. The quantitative estimate of drug-likeness (QED) is 0.687. The maximum absolute atomic E-state index is 11.0. The lowest BCUT2D eigenvalue weighted by Crippen LogP contribution is -2.31. The number of anilines is 1. The van der Waals surface area contributed by atoms with E-state index in [1.54, 1.807) is 6.07 Å². The maximum atomic E-state index is 11.0. The summed E-state index contributed by atoms with van der Waals surface area (Å²) in [5, 5.41) is 11.9. The summed E-state index contributed by atoms with van der Waals surface area (Å²) in [6.07, 6.45) is 3.17. The highest BCUT2D eigenvalue weighted by molar-refractivity contribution is 5.92. The Hall–Kier alpha value is -2.11. The highest BCUT2D eigenvalue weighted by Crippen LogP contribution is 2.34. The van der Waals surface area contributed by atoms with Crippen LogP contribution in [0.3, 0.4) is 0 Å². The molecule has 4 N–H and O–H groups in total. The smallest absolute Gasteiger partial charge is 0.326 e. The number of amides is 1. The highest BCUT2D eigenvalue weighted by atomic mass is 16.4. The average Bonchev–Trinajstić information content (AvgIpc) is 3.10. The van der Waals surface area contributed by atoms with Crippen LogP contribution in [-0.4, -0.2) is 28.0 Å². The molecule has 1 aromatic rings. The number of pyridine rings is 1. The summed E-state index contributed by atoms with van der Waals surface area (Å²) in [6, 6.07) is 2.46. The summed E-state index contributed by atoms with van der Waals surface area (Å²) in [7, 11) is 0. The first-order valence-corrected chi connectivity index (χ1v) is 5.33. The van der Waals surface area contributed by atoms with Crippen molar-refractivity contribution in [2.24, 2.45) is 11.7 Å². The van der Waals surface area contributed by atoms with Crippen LogP contribution in [0.5, 0.6) is 0 Å². The van der Waals surface area contributed by atoms with E-state index >= 15 is 0 Å². The second kappa shape index (κ2) is 4.40. The molecular weight excluding hydrogens is 222 g/mol. The van der Waals surface area contributed by atoms with Crippen LogP contribution in [0.4, 0.5) is 5.82 Å². The third-order valence-electron chi connectivity index (χ3n) is 2.71. The number of hydrogen-bond acceptors (Lipinski definition) is 4. The van der Waals surface area contributed by atoms with Crippen molar-refractivity contribution in [3.05, 3.63) is 23.9 Å². The Morgan fingerprint density at radius 3 is 2.59 bits per heavy atom. The van der Waals surface area contributed by atoms with Crippen LogP contribution in [0.25, 0.3) is 0 Å². The summed E-state index contributed by atoms with van der Waals surface area (Å²) in [4.78, 5) is 25.8. The molecule has 0 radical (unpaired) electrons. The number of aromatic nitrogens is 1. The zero-order valence-corrected chi connectivity index (χ0v) is 9.09. The van der Waals surface area contributed by atoms with E-state index in [9.17, 15) is 9.59 Å². The Kier molecular flexibility index (Phi) is 2.95. The number of primary amides is 1. The fourth-order valence-corrected chi connectivity index (χ4v) is 1.60. The van der Waals surface area contributed by atoms with Crippen molar-refractivity contribution in [2.75, 3.05) is 5.32 Å². The van der Waals surface area contributed by atoms with Gasteiger partial charge < -0.3 is 16.2 Å². The van der Waals surface area contributed by atoms with E-state index in [1.165, 1.54) is 12.3 Å². The molecular formula is C11H13N3O3. The summed E-state index contributed by atoms with van der Waals surface area (Å²) in [5.74, 6) is -0.825. The second-order valence-corrected chi connectivity index (χ2v) is 4.09. The zero-order chi connectivity index (χ0) is 12.4. The molecule has 1 unspecified atom stereocenters. The molecule has 1 heterocycles. The number of aliphatic carboxylic acids is 1. The Labute approximate surface area is 97.8 Å². The number of carboxylic acid groups (broad SMARTS) is 1. The predicted octanol–water partition coefficient (Wildman–Crippen LogP) is 0.456. The number of rotatable bonds is 5. The van der Waals surface area contributed by atoms with E-state index in [4.69, 9.17) is 10.8 Å². The van der Waals surface area contributed by atoms with E-state index in [1.807, 2.05) is 0 Å². The van der Waals surface area contributed by atoms with Gasteiger partial charge in [-0.15, -0.1) is 0 Å². The molecule has 1 amide bonds. The van der Waals surface area contributed by atoms with Crippen LogP contribution >= 0.6 is 0 Å². The fourth-order valence-electron chi connectivity index (χ4n) is 1.60. The molecule has 6 heteroatoms. The Bertz CT molecular complexity index is 440. The van der Waals surface area contributed by atoms with Gasteiger partial charge in [-0.1, -0.05) is 0 Å². The maximum Gasteiger partial charge on any atom is 0.326 e. The van der Waals surface area contributed by atoms with E-state index in [0.717, 1.165) is 12.8 Å². The molecule has 0 aliphatic heterocycles. The molecule has 17 heavy (non-hydrogen) atoms. The SMILES string of the molecule is NC(=O)c1ccc(NC(C(=O)O)C2CC2)nc1. The Morgan fingerprint density at radius 2 is 2.18 bits per heavy atom. The van der Waals surface area contributed by atoms with Crippen molar-refractivity contribution in [1.82, 2.24) is 4.98 Å². The number of nitrogens with two attached hydrogens (primary N) is 1. The Balaban J connectivity index is 2.07.